The third-order valence-electron chi connectivity index (χ3n) is 5.51. The van der Waals surface area contributed by atoms with Gasteiger partial charge in [-0.2, -0.15) is 0 Å². The van der Waals surface area contributed by atoms with E-state index in [0.717, 1.165) is 21.8 Å². The summed E-state index contributed by atoms with van der Waals surface area (Å²) < 4.78 is 5.88. The molecular weight excluding hydrogens is 540 g/mol. The minimum atomic E-state index is -1.10. The summed E-state index contributed by atoms with van der Waals surface area (Å²) in [5.74, 6) is -0.916. The zero-order valence-electron chi connectivity index (χ0n) is 21.0. The number of benzene rings is 3. The molecule has 3 amide bonds. The Morgan fingerprint density at radius 1 is 0.974 bits per heavy atom. The number of carbonyl (C=O) groups excluding carboxylic acids is 2. The summed E-state index contributed by atoms with van der Waals surface area (Å²) in [5.41, 5.74) is 1.77. The maximum absolute atomic E-state index is 12.7. The molecule has 11 heteroatoms. The van der Waals surface area contributed by atoms with Crippen molar-refractivity contribution in [3.8, 4) is 21.9 Å². The lowest BCUT2D eigenvalue weighted by Crippen LogP contribution is -2.44. The molecule has 1 heterocycles. The highest BCUT2D eigenvalue weighted by Crippen LogP contribution is 2.32. The molecule has 0 bridgehead atoms. The highest BCUT2D eigenvalue weighted by molar-refractivity contribution is 7.17. The number of para-hydroxylation sites is 1. The topological polar surface area (TPSA) is 130 Å². The zero-order valence-corrected chi connectivity index (χ0v) is 22.5. The first-order valence-electron chi connectivity index (χ1n) is 11.9. The van der Waals surface area contributed by atoms with Gasteiger partial charge in [0.05, 0.1) is 10.6 Å². The Labute approximate surface area is 233 Å². The van der Waals surface area contributed by atoms with Crippen LogP contribution in [0.2, 0.25) is 5.02 Å². The summed E-state index contributed by atoms with van der Waals surface area (Å²) in [6, 6.07) is 19.6. The van der Waals surface area contributed by atoms with Gasteiger partial charge in [0.25, 0.3) is 5.91 Å². The lowest BCUT2D eigenvalue weighted by molar-refractivity contribution is -0.140. The molecule has 39 heavy (non-hydrogen) atoms. The van der Waals surface area contributed by atoms with E-state index >= 15 is 0 Å². The molecule has 3 aromatic carbocycles. The predicted octanol–water partition coefficient (Wildman–Crippen LogP) is 6.74. The number of aromatic nitrogens is 1. The highest BCUT2D eigenvalue weighted by Gasteiger charge is 2.25. The van der Waals surface area contributed by atoms with Crippen molar-refractivity contribution in [1.82, 2.24) is 10.3 Å². The van der Waals surface area contributed by atoms with E-state index < -0.39 is 23.9 Å². The number of amides is 3. The molecule has 1 atom stereocenters. The number of carboxylic acid groups (broad SMARTS) is 1. The average Bonchev–Trinajstić information content (AvgIpc) is 3.40. The van der Waals surface area contributed by atoms with Gasteiger partial charge in [0.2, 0.25) is 0 Å². The van der Waals surface area contributed by atoms with E-state index in [1.165, 1.54) is 0 Å². The smallest absolute Gasteiger partial charge is 0.326 e. The van der Waals surface area contributed by atoms with Gasteiger partial charge < -0.3 is 25.8 Å². The van der Waals surface area contributed by atoms with Crippen LogP contribution >= 0.6 is 22.9 Å². The molecule has 0 unspecified atom stereocenters. The van der Waals surface area contributed by atoms with E-state index in [2.05, 4.69) is 20.9 Å². The Kier molecular flexibility index (Phi) is 8.80. The molecule has 0 saturated carbocycles. The van der Waals surface area contributed by atoms with Crippen LogP contribution in [-0.2, 0) is 4.79 Å². The van der Waals surface area contributed by atoms with Crippen LogP contribution in [0.15, 0.2) is 79.0 Å². The molecule has 0 aliphatic rings. The SMILES string of the molecule is CC(C)[C@H](NC(=O)c1ncc(-c2ccc(NC(=O)Nc3ccc(Cl)cc3Oc3ccccc3)cc2)s1)C(=O)O. The second-order valence-electron chi connectivity index (χ2n) is 8.78. The fourth-order valence-corrected chi connectivity index (χ4v) is 4.52. The van der Waals surface area contributed by atoms with Gasteiger partial charge >= 0.3 is 12.0 Å². The summed E-state index contributed by atoms with van der Waals surface area (Å²) in [5, 5.41) is 18.0. The number of aliphatic carboxylic acids is 1. The largest absolute Gasteiger partial charge is 0.480 e. The van der Waals surface area contributed by atoms with Crippen LogP contribution in [0.4, 0.5) is 16.2 Å². The second-order valence-corrected chi connectivity index (χ2v) is 10.2. The summed E-state index contributed by atoms with van der Waals surface area (Å²) >= 11 is 7.27. The van der Waals surface area contributed by atoms with Crippen LogP contribution < -0.4 is 20.7 Å². The molecule has 0 aliphatic carbocycles. The Morgan fingerprint density at radius 2 is 1.69 bits per heavy atom. The van der Waals surface area contributed by atoms with Crippen LogP contribution in [0, 0.1) is 5.92 Å². The minimum absolute atomic E-state index is 0.162. The standard InChI is InChI=1S/C28H25ClN4O5S/c1-16(2)24(27(35)36)33-25(34)26-30-15-23(39-26)17-8-11-19(12-9-17)31-28(37)32-21-13-10-18(29)14-22(21)38-20-6-4-3-5-7-20/h3-16,24H,1-2H3,(H,33,34)(H,35,36)(H2,31,32,37)/t24-/m0/s1. The lowest BCUT2D eigenvalue weighted by atomic mass is 10.1. The molecule has 0 aliphatic heterocycles. The van der Waals surface area contributed by atoms with Gasteiger partial charge in [0, 0.05) is 23.0 Å². The Balaban J connectivity index is 1.39. The molecule has 0 fully saturated rings. The number of carboxylic acids is 1. The van der Waals surface area contributed by atoms with Crippen molar-refractivity contribution in [2.24, 2.45) is 5.92 Å². The molecule has 0 radical (unpaired) electrons. The van der Waals surface area contributed by atoms with Crippen molar-refractivity contribution in [3.05, 3.63) is 89.0 Å². The van der Waals surface area contributed by atoms with Gasteiger partial charge in [-0.3, -0.25) is 4.79 Å². The maximum Gasteiger partial charge on any atom is 0.326 e. The van der Waals surface area contributed by atoms with E-state index in [-0.39, 0.29) is 10.9 Å². The number of halogens is 1. The number of hydrogen-bond donors (Lipinski definition) is 4. The zero-order chi connectivity index (χ0) is 27.9. The van der Waals surface area contributed by atoms with Crippen molar-refractivity contribution in [1.29, 1.82) is 0 Å². The van der Waals surface area contributed by atoms with Crippen molar-refractivity contribution in [2.45, 2.75) is 19.9 Å². The summed E-state index contributed by atoms with van der Waals surface area (Å²) in [6.45, 7) is 3.43. The van der Waals surface area contributed by atoms with Crippen LogP contribution in [0.3, 0.4) is 0 Å². The molecule has 4 N–H and O–H groups in total. The lowest BCUT2D eigenvalue weighted by Gasteiger charge is -2.16. The van der Waals surface area contributed by atoms with Crippen molar-refractivity contribution < 1.29 is 24.2 Å². The molecule has 4 rings (SSSR count). The molecule has 9 nitrogen and oxygen atoms in total. The third-order valence-corrected chi connectivity index (χ3v) is 6.79. The van der Waals surface area contributed by atoms with E-state index in [9.17, 15) is 19.5 Å². The summed E-state index contributed by atoms with van der Waals surface area (Å²) in [6.07, 6.45) is 1.55. The number of anilines is 2. The first kappa shape index (κ1) is 27.6. The number of thiazole rings is 1. The first-order chi connectivity index (χ1) is 18.7. The quantitative estimate of drug-likeness (QED) is 0.178. The summed E-state index contributed by atoms with van der Waals surface area (Å²) in [4.78, 5) is 41.4. The molecule has 0 saturated heterocycles. The highest BCUT2D eigenvalue weighted by atomic mass is 35.5. The minimum Gasteiger partial charge on any atom is -0.480 e. The first-order valence-corrected chi connectivity index (χ1v) is 13.1. The number of hydrogen-bond acceptors (Lipinski definition) is 6. The van der Waals surface area contributed by atoms with Gasteiger partial charge in [-0.05, 0) is 47.9 Å². The third kappa shape index (κ3) is 7.34. The van der Waals surface area contributed by atoms with Gasteiger partial charge in [-0.1, -0.05) is 55.8 Å². The van der Waals surface area contributed by atoms with Crippen molar-refractivity contribution >= 4 is 52.2 Å². The predicted molar refractivity (Wildman–Crippen MR) is 152 cm³/mol. The van der Waals surface area contributed by atoms with Gasteiger partial charge in [-0.15, -0.1) is 11.3 Å². The normalized spacial score (nSPS) is 11.5. The van der Waals surface area contributed by atoms with E-state index in [0.29, 0.717) is 27.9 Å². The number of nitrogens with one attached hydrogen (secondary N) is 3. The van der Waals surface area contributed by atoms with Crippen LogP contribution in [-0.4, -0.2) is 34.0 Å². The Hall–Kier alpha value is -4.41. The van der Waals surface area contributed by atoms with Crippen molar-refractivity contribution in [3.63, 3.8) is 0 Å². The molecule has 0 spiro atoms. The molecule has 1 aromatic heterocycles. The fourth-order valence-electron chi connectivity index (χ4n) is 3.53. The van der Waals surface area contributed by atoms with E-state index in [4.69, 9.17) is 16.3 Å². The molecule has 200 valence electrons. The van der Waals surface area contributed by atoms with E-state index in [1.54, 1.807) is 74.6 Å². The molecular formula is C28H25ClN4O5S. The summed E-state index contributed by atoms with van der Waals surface area (Å²) in [7, 11) is 0. The second kappa shape index (κ2) is 12.4. The number of carbonyl (C=O) groups is 3. The van der Waals surface area contributed by atoms with Gasteiger partial charge in [0.1, 0.15) is 11.8 Å². The van der Waals surface area contributed by atoms with Crippen LogP contribution in [0.1, 0.15) is 23.6 Å². The van der Waals surface area contributed by atoms with E-state index in [1.807, 2.05) is 18.2 Å². The number of ether oxygens (including phenoxy) is 1. The Bertz CT molecular complexity index is 1480. The van der Waals surface area contributed by atoms with Crippen LogP contribution in [0.25, 0.3) is 10.4 Å². The van der Waals surface area contributed by atoms with Gasteiger partial charge in [0.15, 0.2) is 10.8 Å². The fraction of sp³-hybridized carbons (Fsp3) is 0.143. The van der Waals surface area contributed by atoms with Crippen LogP contribution in [0.5, 0.6) is 11.5 Å². The maximum atomic E-state index is 12.7. The average molecular weight is 565 g/mol. The number of nitrogens with zero attached hydrogens (tertiary/aromatic N) is 1. The molecule has 4 aromatic rings. The number of urea groups is 1. The van der Waals surface area contributed by atoms with Crippen molar-refractivity contribution in [2.75, 3.05) is 10.6 Å². The monoisotopic (exact) mass is 564 g/mol. The van der Waals surface area contributed by atoms with Gasteiger partial charge in [-0.25, -0.2) is 14.6 Å². The number of rotatable bonds is 9. The Morgan fingerprint density at radius 3 is 2.36 bits per heavy atom.